The molecule has 130 valence electrons. The summed E-state index contributed by atoms with van der Waals surface area (Å²) in [6.07, 6.45) is 4.50. The zero-order chi connectivity index (χ0) is 17.9. The van der Waals surface area contributed by atoms with Crippen LogP contribution in [0.1, 0.15) is 23.2 Å². The van der Waals surface area contributed by atoms with Gasteiger partial charge in [-0.25, -0.2) is 4.98 Å². The molecular weight excluding hydrogens is 328 g/mol. The van der Waals surface area contributed by atoms with Gasteiger partial charge < -0.3 is 10.6 Å². The van der Waals surface area contributed by atoms with E-state index in [1.165, 1.54) is 0 Å². The van der Waals surface area contributed by atoms with E-state index < -0.39 is 0 Å². The van der Waals surface area contributed by atoms with E-state index in [0.717, 1.165) is 22.2 Å². The van der Waals surface area contributed by atoms with Gasteiger partial charge in [0, 0.05) is 42.4 Å². The monoisotopic (exact) mass is 346 g/mol. The molecule has 1 saturated heterocycles. The Morgan fingerprint density at radius 2 is 1.96 bits per heavy atom. The molecule has 1 aromatic carbocycles. The highest BCUT2D eigenvalue weighted by Gasteiger charge is 2.21. The second kappa shape index (κ2) is 6.92. The van der Waals surface area contributed by atoms with Crippen LogP contribution in [0.4, 0.5) is 0 Å². The van der Waals surface area contributed by atoms with Crippen LogP contribution in [0.15, 0.2) is 54.9 Å². The van der Waals surface area contributed by atoms with E-state index in [0.29, 0.717) is 24.9 Å². The molecule has 1 atom stereocenters. The molecular formula is C20H18N4O2. The van der Waals surface area contributed by atoms with Crippen molar-refractivity contribution < 1.29 is 9.59 Å². The van der Waals surface area contributed by atoms with Gasteiger partial charge in [0.25, 0.3) is 5.91 Å². The molecule has 1 aliphatic rings. The topological polar surface area (TPSA) is 84.0 Å². The molecule has 0 bridgehead atoms. The Hall–Kier alpha value is -3.28. The van der Waals surface area contributed by atoms with Crippen LogP contribution in [0.2, 0.25) is 0 Å². The molecule has 2 amide bonds. The lowest BCUT2D eigenvalue weighted by Gasteiger charge is -2.23. The number of para-hydroxylation sites is 1. The van der Waals surface area contributed by atoms with Crippen LogP contribution in [0.3, 0.4) is 0 Å². The predicted molar refractivity (Wildman–Crippen MR) is 98.5 cm³/mol. The first-order valence-corrected chi connectivity index (χ1v) is 8.58. The molecule has 1 aliphatic heterocycles. The number of pyridine rings is 2. The van der Waals surface area contributed by atoms with Crippen molar-refractivity contribution in [1.82, 2.24) is 20.6 Å². The van der Waals surface area contributed by atoms with Crippen molar-refractivity contribution in [3.63, 3.8) is 0 Å². The van der Waals surface area contributed by atoms with Gasteiger partial charge in [-0.1, -0.05) is 18.2 Å². The molecule has 26 heavy (non-hydrogen) atoms. The lowest BCUT2D eigenvalue weighted by Crippen LogP contribution is -2.47. The van der Waals surface area contributed by atoms with E-state index in [1.807, 2.05) is 42.5 Å². The van der Waals surface area contributed by atoms with E-state index in [-0.39, 0.29) is 17.9 Å². The van der Waals surface area contributed by atoms with Gasteiger partial charge in [-0.15, -0.1) is 0 Å². The summed E-state index contributed by atoms with van der Waals surface area (Å²) >= 11 is 0. The van der Waals surface area contributed by atoms with Crippen LogP contribution < -0.4 is 10.6 Å². The number of carbonyl (C=O) groups excluding carboxylic acids is 2. The average Bonchev–Trinajstić information content (AvgIpc) is 2.69. The zero-order valence-corrected chi connectivity index (χ0v) is 14.1. The Morgan fingerprint density at radius 3 is 2.73 bits per heavy atom. The van der Waals surface area contributed by atoms with Crippen molar-refractivity contribution in [2.24, 2.45) is 0 Å². The minimum atomic E-state index is -0.153. The fourth-order valence-electron chi connectivity index (χ4n) is 3.15. The predicted octanol–water partition coefficient (Wildman–Crippen LogP) is 2.31. The molecule has 6 nitrogen and oxygen atoms in total. The number of aromatic nitrogens is 2. The van der Waals surface area contributed by atoms with Gasteiger partial charge in [0.1, 0.15) is 0 Å². The first-order valence-electron chi connectivity index (χ1n) is 8.58. The van der Waals surface area contributed by atoms with Crippen LogP contribution in [0.25, 0.3) is 22.2 Å². The first kappa shape index (κ1) is 16.2. The van der Waals surface area contributed by atoms with Crippen LogP contribution in [0.5, 0.6) is 0 Å². The van der Waals surface area contributed by atoms with Crippen LogP contribution >= 0.6 is 0 Å². The number of piperidine rings is 1. The highest BCUT2D eigenvalue weighted by Crippen LogP contribution is 2.24. The highest BCUT2D eigenvalue weighted by atomic mass is 16.2. The molecule has 3 heterocycles. The molecule has 0 saturated carbocycles. The van der Waals surface area contributed by atoms with Crippen LogP contribution in [-0.2, 0) is 4.79 Å². The Morgan fingerprint density at radius 1 is 1.15 bits per heavy atom. The maximum absolute atomic E-state index is 12.9. The number of hydrogen-bond donors (Lipinski definition) is 2. The van der Waals surface area contributed by atoms with E-state index in [4.69, 9.17) is 0 Å². The lowest BCUT2D eigenvalue weighted by atomic mass is 10.0. The van der Waals surface area contributed by atoms with Gasteiger partial charge in [-0.2, -0.15) is 0 Å². The van der Waals surface area contributed by atoms with E-state index >= 15 is 0 Å². The standard InChI is InChI=1S/C20H18N4O2/c25-19-6-5-14(12-22-19)23-20(26)16-11-18(13-7-9-21-10-8-13)24-17-4-2-1-3-15(16)17/h1-4,7-11,14H,5-6,12H2,(H,22,25)(H,23,26)/t14-/m0/s1. The summed E-state index contributed by atoms with van der Waals surface area (Å²) in [5.74, 6) is -0.120. The van der Waals surface area contributed by atoms with Gasteiger partial charge in [0.05, 0.1) is 16.8 Å². The second-order valence-electron chi connectivity index (χ2n) is 6.32. The molecule has 2 aromatic heterocycles. The summed E-state index contributed by atoms with van der Waals surface area (Å²) in [6.45, 7) is 0.463. The maximum Gasteiger partial charge on any atom is 0.252 e. The quantitative estimate of drug-likeness (QED) is 0.762. The van der Waals surface area contributed by atoms with Gasteiger partial charge in [0.15, 0.2) is 0 Å². The van der Waals surface area contributed by atoms with E-state index in [2.05, 4.69) is 20.6 Å². The number of rotatable bonds is 3. The Bertz CT molecular complexity index is 962. The molecule has 6 heteroatoms. The van der Waals surface area contributed by atoms with Crippen molar-refractivity contribution in [2.75, 3.05) is 6.54 Å². The second-order valence-corrected chi connectivity index (χ2v) is 6.32. The third-order valence-corrected chi connectivity index (χ3v) is 4.54. The largest absolute Gasteiger partial charge is 0.354 e. The van der Waals surface area contributed by atoms with Crippen molar-refractivity contribution in [3.8, 4) is 11.3 Å². The van der Waals surface area contributed by atoms with E-state index in [9.17, 15) is 9.59 Å². The number of hydrogen-bond acceptors (Lipinski definition) is 4. The fraction of sp³-hybridized carbons (Fsp3) is 0.200. The summed E-state index contributed by atoms with van der Waals surface area (Å²) in [5, 5.41) is 6.63. The van der Waals surface area contributed by atoms with Crippen molar-refractivity contribution >= 4 is 22.7 Å². The molecule has 0 unspecified atom stereocenters. The zero-order valence-electron chi connectivity index (χ0n) is 14.1. The first-order chi connectivity index (χ1) is 12.7. The Balaban J connectivity index is 1.71. The lowest BCUT2D eigenvalue weighted by molar-refractivity contribution is -0.122. The normalized spacial score (nSPS) is 16.9. The third-order valence-electron chi connectivity index (χ3n) is 4.54. The number of nitrogens with one attached hydrogen (secondary N) is 2. The average molecular weight is 346 g/mol. The minimum Gasteiger partial charge on any atom is -0.354 e. The Labute approximate surface area is 150 Å². The van der Waals surface area contributed by atoms with Crippen molar-refractivity contribution in [1.29, 1.82) is 0 Å². The number of amides is 2. The maximum atomic E-state index is 12.9. The molecule has 1 fully saturated rings. The van der Waals surface area contributed by atoms with Gasteiger partial charge >= 0.3 is 0 Å². The fourth-order valence-corrected chi connectivity index (χ4v) is 3.15. The summed E-state index contributed by atoms with van der Waals surface area (Å²) in [6, 6.07) is 13.1. The van der Waals surface area contributed by atoms with Gasteiger partial charge in [0.2, 0.25) is 5.91 Å². The van der Waals surface area contributed by atoms with Crippen LogP contribution in [0, 0.1) is 0 Å². The summed E-state index contributed by atoms with van der Waals surface area (Å²) < 4.78 is 0. The number of carbonyl (C=O) groups is 2. The number of fused-ring (bicyclic) bond motifs is 1. The summed E-state index contributed by atoms with van der Waals surface area (Å²) in [7, 11) is 0. The molecule has 0 radical (unpaired) electrons. The number of nitrogens with zero attached hydrogens (tertiary/aromatic N) is 2. The SMILES string of the molecule is O=C1CC[C@H](NC(=O)c2cc(-c3ccncc3)nc3ccccc23)CN1. The van der Waals surface area contributed by atoms with Crippen LogP contribution in [-0.4, -0.2) is 34.4 Å². The van der Waals surface area contributed by atoms with Crippen molar-refractivity contribution in [2.45, 2.75) is 18.9 Å². The molecule has 0 spiro atoms. The van der Waals surface area contributed by atoms with Gasteiger partial charge in [-0.05, 0) is 30.7 Å². The van der Waals surface area contributed by atoms with Crippen molar-refractivity contribution in [3.05, 3.63) is 60.4 Å². The summed E-state index contributed by atoms with van der Waals surface area (Å²) in [4.78, 5) is 32.9. The van der Waals surface area contributed by atoms with E-state index in [1.54, 1.807) is 12.4 Å². The smallest absolute Gasteiger partial charge is 0.252 e. The third kappa shape index (κ3) is 3.26. The number of benzene rings is 1. The molecule has 2 N–H and O–H groups in total. The highest BCUT2D eigenvalue weighted by molar-refractivity contribution is 6.07. The van der Waals surface area contributed by atoms with Gasteiger partial charge in [-0.3, -0.25) is 14.6 Å². The molecule has 0 aliphatic carbocycles. The molecule has 4 rings (SSSR count). The Kier molecular flexibility index (Phi) is 4.31. The minimum absolute atomic E-state index is 0.0323. The molecule has 3 aromatic rings. The summed E-state index contributed by atoms with van der Waals surface area (Å²) in [5.41, 5.74) is 2.99.